The minimum atomic E-state index is -0.175. The molecule has 0 heterocycles. The van der Waals surface area contributed by atoms with Gasteiger partial charge in [0.05, 0.1) is 6.54 Å². The third-order valence-corrected chi connectivity index (χ3v) is 3.36. The molecule has 24 heavy (non-hydrogen) atoms. The maximum Gasteiger partial charge on any atom is 0.251 e. The van der Waals surface area contributed by atoms with Crippen molar-refractivity contribution in [1.82, 2.24) is 10.6 Å². The van der Waals surface area contributed by atoms with Gasteiger partial charge in [0.1, 0.15) is 12.4 Å². The molecule has 0 spiro atoms. The van der Waals surface area contributed by atoms with Crippen LogP contribution in [0.4, 0.5) is 0 Å². The molecule has 5 heteroatoms. The monoisotopic (exact) mass is 326 g/mol. The van der Waals surface area contributed by atoms with Gasteiger partial charge >= 0.3 is 0 Å². The molecule has 0 aliphatic carbocycles. The summed E-state index contributed by atoms with van der Waals surface area (Å²) < 4.78 is 5.55. The zero-order valence-corrected chi connectivity index (χ0v) is 13.7. The molecule has 0 unspecified atom stereocenters. The van der Waals surface area contributed by atoms with Crippen LogP contribution in [0, 0.1) is 6.92 Å². The van der Waals surface area contributed by atoms with Gasteiger partial charge in [-0.2, -0.15) is 0 Å². The Bertz CT molecular complexity index is 671. The fourth-order valence-electron chi connectivity index (χ4n) is 2.13. The van der Waals surface area contributed by atoms with E-state index in [0.717, 1.165) is 11.3 Å². The van der Waals surface area contributed by atoms with E-state index in [9.17, 15) is 9.59 Å². The highest BCUT2D eigenvalue weighted by Crippen LogP contribution is 2.11. The number of nitrogens with one attached hydrogen (secondary N) is 2. The second kappa shape index (κ2) is 9.35. The Balaban J connectivity index is 1.57. The lowest BCUT2D eigenvalue weighted by Gasteiger charge is -2.09. The summed E-state index contributed by atoms with van der Waals surface area (Å²) in [4.78, 5) is 23.5. The normalized spacial score (nSPS) is 10.0. The van der Waals surface area contributed by atoms with E-state index in [1.807, 2.05) is 37.3 Å². The number of hydrogen-bond donors (Lipinski definition) is 2. The molecule has 0 aliphatic heterocycles. The highest BCUT2D eigenvalue weighted by atomic mass is 16.5. The second-order valence-electron chi connectivity index (χ2n) is 5.39. The molecule has 2 amide bonds. The van der Waals surface area contributed by atoms with Gasteiger partial charge in [-0.3, -0.25) is 9.59 Å². The molecule has 2 aromatic carbocycles. The smallest absolute Gasteiger partial charge is 0.251 e. The zero-order chi connectivity index (χ0) is 17.2. The van der Waals surface area contributed by atoms with Crippen LogP contribution in [0.2, 0.25) is 0 Å². The van der Waals surface area contributed by atoms with Crippen molar-refractivity contribution < 1.29 is 14.3 Å². The van der Waals surface area contributed by atoms with Gasteiger partial charge in [-0.1, -0.05) is 30.3 Å². The molecule has 0 atom stereocenters. The summed E-state index contributed by atoms with van der Waals surface area (Å²) >= 11 is 0. The first kappa shape index (κ1) is 17.5. The Hall–Kier alpha value is -2.82. The SMILES string of the molecule is Cc1cccc(OCCNC(=O)CCNC(=O)c2ccccc2)c1. The molecule has 0 fully saturated rings. The van der Waals surface area contributed by atoms with E-state index >= 15 is 0 Å². The third-order valence-electron chi connectivity index (χ3n) is 3.36. The van der Waals surface area contributed by atoms with Gasteiger partial charge in [-0.05, 0) is 36.8 Å². The standard InChI is InChI=1S/C19H22N2O3/c1-15-6-5-9-17(14-15)24-13-12-20-18(22)10-11-21-19(23)16-7-3-2-4-8-16/h2-9,14H,10-13H2,1H3,(H,20,22)(H,21,23). The van der Waals surface area contributed by atoms with Crippen molar-refractivity contribution in [2.45, 2.75) is 13.3 Å². The predicted molar refractivity (Wildman–Crippen MR) is 93.1 cm³/mol. The molecule has 2 aromatic rings. The van der Waals surface area contributed by atoms with Crippen molar-refractivity contribution in [3.8, 4) is 5.75 Å². The van der Waals surface area contributed by atoms with Crippen molar-refractivity contribution in [2.75, 3.05) is 19.7 Å². The lowest BCUT2D eigenvalue weighted by Crippen LogP contribution is -2.32. The molecule has 0 aliphatic rings. The first-order chi connectivity index (χ1) is 11.6. The van der Waals surface area contributed by atoms with Crippen LogP contribution in [0.5, 0.6) is 5.75 Å². The summed E-state index contributed by atoms with van der Waals surface area (Å²) in [6.45, 7) is 3.14. The average molecular weight is 326 g/mol. The van der Waals surface area contributed by atoms with E-state index in [1.54, 1.807) is 24.3 Å². The van der Waals surface area contributed by atoms with Gasteiger partial charge in [-0.15, -0.1) is 0 Å². The first-order valence-corrected chi connectivity index (χ1v) is 7.94. The average Bonchev–Trinajstić information content (AvgIpc) is 2.59. The number of hydrogen-bond acceptors (Lipinski definition) is 3. The number of amides is 2. The van der Waals surface area contributed by atoms with Gasteiger partial charge in [0.25, 0.3) is 5.91 Å². The minimum absolute atomic E-state index is 0.115. The highest BCUT2D eigenvalue weighted by molar-refractivity contribution is 5.94. The second-order valence-corrected chi connectivity index (χ2v) is 5.39. The predicted octanol–water partition coefficient (Wildman–Crippen LogP) is 2.31. The molecule has 0 aromatic heterocycles. The van der Waals surface area contributed by atoms with Crippen LogP contribution in [0.15, 0.2) is 54.6 Å². The Morgan fingerprint density at radius 3 is 2.50 bits per heavy atom. The van der Waals surface area contributed by atoms with Crippen molar-refractivity contribution in [2.24, 2.45) is 0 Å². The molecule has 126 valence electrons. The molecule has 5 nitrogen and oxygen atoms in total. The Labute approximate surface area is 142 Å². The molecular formula is C19H22N2O3. The summed E-state index contributed by atoms with van der Waals surface area (Å²) in [6.07, 6.45) is 0.239. The van der Waals surface area contributed by atoms with Crippen molar-refractivity contribution in [3.63, 3.8) is 0 Å². The quantitative estimate of drug-likeness (QED) is 0.732. The largest absolute Gasteiger partial charge is 0.492 e. The zero-order valence-electron chi connectivity index (χ0n) is 13.7. The van der Waals surface area contributed by atoms with E-state index in [-0.39, 0.29) is 18.2 Å². The molecule has 0 saturated heterocycles. The van der Waals surface area contributed by atoms with Crippen LogP contribution in [0.1, 0.15) is 22.3 Å². The van der Waals surface area contributed by atoms with Gasteiger partial charge < -0.3 is 15.4 Å². The minimum Gasteiger partial charge on any atom is -0.492 e. The van der Waals surface area contributed by atoms with Crippen molar-refractivity contribution in [3.05, 3.63) is 65.7 Å². The lowest BCUT2D eigenvalue weighted by atomic mass is 10.2. The van der Waals surface area contributed by atoms with Crippen LogP contribution in [-0.2, 0) is 4.79 Å². The number of carbonyl (C=O) groups excluding carboxylic acids is 2. The summed E-state index contributed by atoms with van der Waals surface area (Å²) in [5, 5.41) is 5.49. The number of ether oxygens (including phenoxy) is 1. The molecule has 2 N–H and O–H groups in total. The number of aryl methyl sites for hydroxylation is 1. The maximum atomic E-state index is 11.8. The van der Waals surface area contributed by atoms with Crippen LogP contribution in [0.25, 0.3) is 0 Å². The molecule has 0 radical (unpaired) electrons. The van der Waals surface area contributed by atoms with Gasteiger partial charge in [0.2, 0.25) is 5.91 Å². The highest BCUT2D eigenvalue weighted by Gasteiger charge is 2.05. The summed E-state index contributed by atoms with van der Waals surface area (Å²) in [6, 6.07) is 16.7. The van der Waals surface area contributed by atoms with Gasteiger partial charge in [0, 0.05) is 18.5 Å². The summed E-state index contributed by atoms with van der Waals surface area (Å²) in [7, 11) is 0. The topological polar surface area (TPSA) is 67.4 Å². The first-order valence-electron chi connectivity index (χ1n) is 7.94. The fraction of sp³-hybridized carbons (Fsp3) is 0.263. The third kappa shape index (κ3) is 6.12. The molecule has 2 rings (SSSR count). The van der Waals surface area contributed by atoms with E-state index in [1.165, 1.54) is 0 Å². The van der Waals surface area contributed by atoms with Crippen molar-refractivity contribution >= 4 is 11.8 Å². The molecule has 0 saturated carbocycles. The Kier molecular flexibility index (Phi) is 6.83. The number of benzene rings is 2. The van der Waals surface area contributed by atoms with E-state index < -0.39 is 0 Å². The molecular weight excluding hydrogens is 304 g/mol. The van der Waals surface area contributed by atoms with Crippen LogP contribution < -0.4 is 15.4 Å². The maximum absolute atomic E-state index is 11.8. The molecule has 0 bridgehead atoms. The van der Waals surface area contributed by atoms with Gasteiger partial charge in [-0.25, -0.2) is 0 Å². The number of rotatable bonds is 8. The fourth-order valence-corrected chi connectivity index (χ4v) is 2.13. The van der Waals surface area contributed by atoms with E-state index in [0.29, 0.717) is 25.3 Å². The van der Waals surface area contributed by atoms with Gasteiger partial charge in [0.15, 0.2) is 0 Å². The Morgan fingerprint density at radius 2 is 1.75 bits per heavy atom. The van der Waals surface area contributed by atoms with Crippen LogP contribution >= 0.6 is 0 Å². The van der Waals surface area contributed by atoms with Crippen LogP contribution in [-0.4, -0.2) is 31.5 Å². The van der Waals surface area contributed by atoms with E-state index in [2.05, 4.69) is 10.6 Å². The summed E-state index contributed by atoms with van der Waals surface area (Å²) in [5.41, 5.74) is 1.72. The number of carbonyl (C=O) groups is 2. The summed E-state index contributed by atoms with van der Waals surface area (Å²) in [5.74, 6) is 0.502. The van der Waals surface area contributed by atoms with Crippen LogP contribution in [0.3, 0.4) is 0 Å². The van der Waals surface area contributed by atoms with E-state index in [4.69, 9.17) is 4.74 Å². The lowest BCUT2D eigenvalue weighted by molar-refractivity contribution is -0.121. The van der Waals surface area contributed by atoms with Crippen molar-refractivity contribution in [1.29, 1.82) is 0 Å². The Morgan fingerprint density at radius 1 is 0.958 bits per heavy atom.